The van der Waals surface area contributed by atoms with Crippen LogP contribution in [0.5, 0.6) is 0 Å². The second-order valence-corrected chi connectivity index (χ2v) is 7.93. The number of nitrogens with one attached hydrogen (secondary N) is 1. The van der Waals surface area contributed by atoms with Crippen LogP contribution in [-0.2, 0) is 4.79 Å². The number of rotatable bonds is 2. The van der Waals surface area contributed by atoms with E-state index in [4.69, 9.17) is 0 Å². The number of benzene rings is 1. The number of pyridine rings is 2. The summed E-state index contributed by atoms with van der Waals surface area (Å²) < 4.78 is 2.92. The molecule has 148 valence electrons. The average molecular weight is 461 g/mol. The first-order valence-electron chi connectivity index (χ1n) is 9.33. The van der Waals surface area contributed by atoms with Crippen LogP contribution in [0.2, 0.25) is 0 Å². The third kappa shape index (κ3) is 3.05. The molecule has 3 aromatic heterocycles. The highest BCUT2D eigenvalue weighted by molar-refractivity contribution is 9.10. The van der Waals surface area contributed by atoms with Gasteiger partial charge in [-0.15, -0.1) is 0 Å². The molecule has 0 aliphatic carbocycles. The maximum absolute atomic E-state index is 12.6. The summed E-state index contributed by atoms with van der Waals surface area (Å²) >= 11 is 3.45. The lowest BCUT2D eigenvalue weighted by atomic mass is 10.1. The minimum Gasteiger partial charge on any atom is -0.352 e. The molecule has 1 N–H and O–H groups in total. The molecule has 0 atom stereocenters. The highest BCUT2D eigenvalue weighted by Gasteiger charge is 2.21. The minimum atomic E-state index is -0.140. The number of imidazole rings is 1. The Morgan fingerprint density at radius 1 is 1.10 bits per heavy atom. The van der Waals surface area contributed by atoms with Gasteiger partial charge in [0, 0.05) is 35.7 Å². The number of nitrogens with zero attached hydrogens (tertiary/aromatic N) is 5. The van der Waals surface area contributed by atoms with Crippen LogP contribution < -0.4 is 10.2 Å². The standard InChI is InChI=1S/C22H17BrN6O/c1-13-26-19-12-24-8-7-20(19)29(13)16-5-3-14(4-6-16)17-10-21(30)28(2)22-18(27-17)9-15(23)11-25-22/h3-12,27H,1-2H3. The Bertz CT molecular complexity index is 1330. The van der Waals surface area contributed by atoms with Crippen molar-refractivity contribution in [1.29, 1.82) is 0 Å². The number of carbonyl (C=O) groups is 1. The zero-order chi connectivity index (χ0) is 20.8. The maximum atomic E-state index is 12.6. The third-order valence-electron chi connectivity index (χ3n) is 5.08. The molecule has 0 fully saturated rings. The van der Waals surface area contributed by atoms with Crippen LogP contribution in [0.3, 0.4) is 0 Å². The predicted octanol–water partition coefficient (Wildman–Crippen LogP) is 4.32. The Hall–Kier alpha value is -3.52. The topological polar surface area (TPSA) is 75.9 Å². The fourth-order valence-corrected chi connectivity index (χ4v) is 3.95. The normalized spacial score (nSPS) is 13.6. The van der Waals surface area contributed by atoms with Gasteiger partial charge < -0.3 is 5.32 Å². The summed E-state index contributed by atoms with van der Waals surface area (Å²) in [7, 11) is 1.72. The van der Waals surface area contributed by atoms with Crippen molar-refractivity contribution in [1.82, 2.24) is 19.5 Å². The summed E-state index contributed by atoms with van der Waals surface area (Å²) in [5, 5.41) is 3.35. The zero-order valence-electron chi connectivity index (χ0n) is 16.3. The Balaban J connectivity index is 1.55. The van der Waals surface area contributed by atoms with Gasteiger partial charge in [-0.2, -0.15) is 0 Å². The van der Waals surface area contributed by atoms with Crippen LogP contribution in [0.4, 0.5) is 11.5 Å². The second-order valence-electron chi connectivity index (χ2n) is 7.01. The first-order chi connectivity index (χ1) is 14.5. The lowest BCUT2D eigenvalue weighted by Crippen LogP contribution is -2.24. The van der Waals surface area contributed by atoms with Crippen molar-refractivity contribution >= 4 is 50.1 Å². The number of hydrogen-bond donors (Lipinski definition) is 1. The van der Waals surface area contributed by atoms with Crippen molar-refractivity contribution in [3.63, 3.8) is 0 Å². The van der Waals surface area contributed by atoms with E-state index in [0.29, 0.717) is 11.5 Å². The molecule has 1 aliphatic rings. The highest BCUT2D eigenvalue weighted by atomic mass is 79.9. The third-order valence-corrected chi connectivity index (χ3v) is 5.51. The Morgan fingerprint density at radius 3 is 2.70 bits per heavy atom. The predicted molar refractivity (Wildman–Crippen MR) is 121 cm³/mol. The number of amides is 1. The second kappa shape index (κ2) is 7.07. The molecule has 4 aromatic rings. The van der Waals surface area contributed by atoms with Crippen molar-refractivity contribution in [3.8, 4) is 5.69 Å². The molecule has 1 amide bonds. The number of fused-ring (bicyclic) bond motifs is 2. The van der Waals surface area contributed by atoms with E-state index >= 15 is 0 Å². The van der Waals surface area contributed by atoms with Crippen molar-refractivity contribution in [3.05, 3.63) is 76.9 Å². The van der Waals surface area contributed by atoms with Gasteiger partial charge in [-0.1, -0.05) is 12.1 Å². The molecular weight excluding hydrogens is 444 g/mol. The van der Waals surface area contributed by atoms with Gasteiger partial charge >= 0.3 is 0 Å². The fourth-order valence-electron chi connectivity index (χ4n) is 3.62. The maximum Gasteiger partial charge on any atom is 0.254 e. The molecule has 0 bridgehead atoms. The van der Waals surface area contributed by atoms with Crippen molar-refractivity contribution in [2.45, 2.75) is 6.92 Å². The highest BCUT2D eigenvalue weighted by Crippen LogP contribution is 2.32. The van der Waals surface area contributed by atoms with E-state index in [9.17, 15) is 4.79 Å². The number of hydrogen-bond acceptors (Lipinski definition) is 5. The van der Waals surface area contributed by atoms with Crippen LogP contribution in [-0.4, -0.2) is 32.5 Å². The smallest absolute Gasteiger partial charge is 0.254 e. The first-order valence-corrected chi connectivity index (χ1v) is 10.1. The van der Waals surface area contributed by atoms with Crippen LogP contribution >= 0.6 is 15.9 Å². The SMILES string of the molecule is Cc1nc2cnccc2n1-c1ccc(C2=CC(=O)N(C)c3ncc(Br)cc3N2)cc1. The number of halogens is 1. The van der Waals surface area contributed by atoms with E-state index < -0.39 is 0 Å². The number of aromatic nitrogens is 4. The van der Waals surface area contributed by atoms with Gasteiger partial charge in [-0.25, -0.2) is 9.97 Å². The van der Waals surface area contributed by atoms with Gasteiger partial charge in [-0.3, -0.25) is 19.2 Å². The molecule has 0 radical (unpaired) electrons. The van der Waals surface area contributed by atoms with E-state index in [1.54, 1.807) is 31.7 Å². The number of anilines is 2. The number of carbonyl (C=O) groups excluding carboxylic acids is 1. The minimum absolute atomic E-state index is 0.140. The van der Waals surface area contributed by atoms with Crippen LogP contribution in [0.25, 0.3) is 22.4 Å². The van der Waals surface area contributed by atoms with Crippen LogP contribution in [0.15, 0.2) is 65.5 Å². The molecule has 4 heterocycles. The van der Waals surface area contributed by atoms with E-state index in [-0.39, 0.29) is 5.91 Å². The van der Waals surface area contributed by atoms with E-state index in [1.165, 1.54) is 4.90 Å². The molecule has 7 nitrogen and oxygen atoms in total. The Labute approximate surface area is 181 Å². The number of likely N-dealkylation sites (N-methyl/N-ethyl adjacent to an activating group) is 1. The summed E-state index contributed by atoms with van der Waals surface area (Å²) in [6.07, 6.45) is 6.80. The summed E-state index contributed by atoms with van der Waals surface area (Å²) in [5.41, 5.74) is 5.23. The molecule has 5 rings (SSSR count). The molecule has 1 aliphatic heterocycles. The zero-order valence-corrected chi connectivity index (χ0v) is 17.9. The lowest BCUT2D eigenvalue weighted by Gasteiger charge is -2.16. The quantitative estimate of drug-likeness (QED) is 0.482. The molecule has 0 saturated carbocycles. The van der Waals surface area contributed by atoms with Crippen molar-refractivity contribution in [2.24, 2.45) is 0 Å². The monoisotopic (exact) mass is 460 g/mol. The van der Waals surface area contributed by atoms with Gasteiger partial charge in [-0.05, 0) is 52.7 Å². The van der Waals surface area contributed by atoms with Crippen molar-refractivity contribution in [2.75, 3.05) is 17.3 Å². The first kappa shape index (κ1) is 18.5. The Morgan fingerprint density at radius 2 is 1.90 bits per heavy atom. The van der Waals surface area contributed by atoms with E-state index in [1.807, 2.05) is 43.3 Å². The van der Waals surface area contributed by atoms with Gasteiger partial charge in [0.25, 0.3) is 5.91 Å². The van der Waals surface area contributed by atoms with Gasteiger partial charge in [0.1, 0.15) is 11.3 Å². The molecular formula is C22H17BrN6O. The van der Waals surface area contributed by atoms with Crippen LogP contribution in [0.1, 0.15) is 11.4 Å². The van der Waals surface area contributed by atoms with Gasteiger partial charge in [0.2, 0.25) is 0 Å². The summed E-state index contributed by atoms with van der Waals surface area (Å²) in [4.78, 5) is 27.3. The molecule has 0 saturated heterocycles. The molecule has 0 unspecified atom stereocenters. The lowest BCUT2D eigenvalue weighted by molar-refractivity contribution is -0.113. The molecule has 8 heteroatoms. The average Bonchev–Trinajstić information content (AvgIpc) is 3.02. The van der Waals surface area contributed by atoms with Crippen LogP contribution in [0, 0.1) is 6.92 Å². The van der Waals surface area contributed by atoms with Crippen molar-refractivity contribution < 1.29 is 4.79 Å². The summed E-state index contributed by atoms with van der Waals surface area (Å²) in [6.45, 7) is 1.97. The van der Waals surface area contributed by atoms with E-state index in [0.717, 1.165) is 38.3 Å². The summed E-state index contributed by atoms with van der Waals surface area (Å²) in [5.74, 6) is 1.33. The number of aryl methyl sites for hydroxylation is 1. The largest absolute Gasteiger partial charge is 0.352 e. The molecule has 0 spiro atoms. The van der Waals surface area contributed by atoms with Gasteiger partial charge in [0.05, 0.1) is 23.1 Å². The fraction of sp³-hybridized carbons (Fsp3) is 0.0909. The summed E-state index contributed by atoms with van der Waals surface area (Å²) in [6, 6.07) is 11.9. The van der Waals surface area contributed by atoms with E-state index in [2.05, 4.69) is 40.8 Å². The molecule has 30 heavy (non-hydrogen) atoms. The Kier molecular flexibility index (Phi) is 4.36. The molecule has 1 aromatic carbocycles. The van der Waals surface area contributed by atoms with Gasteiger partial charge in [0.15, 0.2) is 5.82 Å².